The van der Waals surface area contributed by atoms with Crippen LogP contribution in [0.1, 0.15) is 0 Å². The van der Waals surface area contributed by atoms with Crippen molar-refractivity contribution in [3.63, 3.8) is 0 Å². The molecular weight excluding hydrogens is 414 g/mol. The Morgan fingerprint density at radius 2 is 1.35 bits per heavy atom. The molecule has 130 valence electrons. The maximum absolute atomic E-state index is 13.7. The highest BCUT2D eigenvalue weighted by molar-refractivity contribution is 9.10. The van der Waals surface area contributed by atoms with Gasteiger partial charge < -0.3 is 0 Å². The van der Waals surface area contributed by atoms with Crippen LogP contribution in [0.4, 0.5) is 17.6 Å². The molecular formula is C18H8BrF4N3. The molecule has 0 atom stereocenters. The van der Waals surface area contributed by atoms with E-state index in [-0.39, 0.29) is 0 Å². The summed E-state index contributed by atoms with van der Waals surface area (Å²) in [6.07, 6.45) is 1.59. The fourth-order valence-electron chi connectivity index (χ4n) is 2.67. The third-order valence-electron chi connectivity index (χ3n) is 3.89. The van der Waals surface area contributed by atoms with E-state index in [4.69, 9.17) is 0 Å². The van der Waals surface area contributed by atoms with Gasteiger partial charge in [-0.05, 0) is 57.4 Å². The first-order valence-electron chi connectivity index (χ1n) is 7.39. The first-order valence-corrected chi connectivity index (χ1v) is 8.18. The number of hydrogen-bond donors (Lipinski definition) is 0. The molecule has 0 radical (unpaired) electrons. The highest BCUT2D eigenvalue weighted by atomic mass is 79.9. The fourth-order valence-corrected chi connectivity index (χ4v) is 3.01. The summed E-state index contributed by atoms with van der Waals surface area (Å²) < 4.78 is 55.5. The molecule has 0 bridgehead atoms. The average Bonchev–Trinajstić information content (AvgIpc) is 2.99. The van der Waals surface area contributed by atoms with Crippen LogP contribution in [0.25, 0.3) is 27.9 Å². The summed E-state index contributed by atoms with van der Waals surface area (Å²) >= 11 is 3.17. The van der Waals surface area contributed by atoms with Gasteiger partial charge in [0.05, 0.1) is 0 Å². The third-order valence-corrected chi connectivity index (χ3v) is 4.23. The van der Waals surface area contributed by atoms with E-state index in [0.29, 0.717) is 32.6 Å². The Labute approximate surface area is 153 Å². The van der Waals surface area contributed by atoms with Gasteiger partial charge in [0.15, 0.2) is 28.9 Å². The third kappa shape index (κ3) is 2.86. The maximum atomic E-state index is 13.7. The number of halogens is 5. The predicted octanol–water partition coefficient (Wildman–Crippen LogP) is 5.38. The average molecular weight is 422 g/mol. The topological polar surface area (TPSA) is 30.2 Å². The second kappa shape index (κ2) is 6.21. The van der Waals surface area contributed by atoms with E-state index in [1.807, 2.05) is 0 Å². The molecule has 4 rings (SSSR count). The van der Waals surface area contributed by atoms with Gasteiger partial charge in [-0.3, -0.25) is 0 Å². The Bertz CT molecular complexity index is 1160. The standard InChI is InChI=1S/C18H8BrF4N3/c19-18-24-17-12(10-2-4-14(21)16(23)7-10)5-11(8-26(17)25-18)9-1-3-13(20)15(22)6-9/h1-8H. The Kier molecular flexibility index (Phi) is 3.99. The van der Waals surface area contributed by atoms with E-state index < -0.39 is 23.3 Å². The van der Waals surface area contributed by atoms with Gasteiger partial charge in [-0.1, -0.05) is 12.1 Å². The van der Waals surface area contributed by atoms with Crippen molar-refractivity contribution in [2.45, 2.75) is 0 Å². The molecule has 0 N–H and O–H groups in total. The number of benzene rings is 2. The second-order valence-corrected chi connectivity index (χ2v) is 6.26. The van der Waals surface area contributed by atoms with Gasteiger partial charge in [0, 0.05) is 17.3 Å². The Hall–Kier alpha value is -2.74. The van der Waals surface area contributed by atoms with Crippen molar-refractivity contribution in [1.29, 1.82) is 0 Å². The zero-order chi connectivity index (χ0) is 18.4. The first kappa shape index (κ1) is 16.7. The maximum Gasteiger partial charge on any atom is 0.218 e. The van der Waals surface area contributed by atoms with E-state index in [9.17, 15) is 17.6 Å². The quantitative estimate of drug-likeness (QED) is 0.406. The predicted molar refractivity (Wildman–Crippen MR) is 91.4 cm³/mol. The minimum absolute atomic E-state index is 0.295. The number of hydrogen-bond acceptors (Lipinski definition) is 2. The van der Waals surface area contributed by atoms with Gasteiger partial charge >= 0.3 is 0 Å². The van der Waals surface area contributed by atoms with Crippen molar-refractivity contribution in [1.82, 2.24) is 14.6 Å². The van der Waals surface area contributed by atoms with E-state index >= 15 is 0 Å². The normalized spacial score (nSPS) is 11.3. The minimum atomic E-state index is -1.00. The molecule has 26 heavy (non-hydrogen) atoms. The van der Waals surface area contributed by atoms with Crippen LogP contribution in [0.5, 0.6) is 0 Å². The summed E-state index contributed by atoms with van der Waals surface area (Å²) in [4.78, 5) is 4.23. The van der Waals surface area contributed by atoms with Gasteiger partial charge in [0.25, 0.3) is 0 Å². The molecule has 0 aliphatic rings. The lowest BCUT2D eigenvalue weighted by Crippen LogP contribution is -1.95. The molecule has 2 aromatic carbocycles. The summed E-state index contributed by atoms with van der Waals surface area (Å²) in [5.74, 6) is -3.92. The molecule has 0 saturated carbocycles. The van der Waals surface area contributed by atoms with Gasteiger partial charge in [-0.15, -0.1) is 5.10 Å². The largest absolute Gasteiger partial charge is 0.219 e. The van der Waals surface area contributed by atoms with Crippen LogP contribution in [0.3, 0.4) is 0 Å². The fraction of sp³-hybridized carbons (Fsp3) is 0. The number of nitrogens with zero attached hydrogens (tertiary/aromatic N) is 3. The second-order valence-electron chi connectivity index (χ2n) is 5.55. The van der Waals surface area contributed by atoms with E-state index in [2.05, 4.69) is 26.0 Å². The van der Waals surface area contributed by atoms with Crippen molar-refractivity contribution in [2.75, 3.05) is 0 Å². The number of rotatable bonds is 2. The zero-order valence-corrected chi connectivity index (χ0v) is 14.4. The Balaban J connectivity index is 1.98. The van der Waals surface area contributed by atoms with Gasteiger partial charge in [0.1, 0.15) is 0 Å². The molecule has 0 fully saturated rings. The molecule has 0 aliphatic carbocycles. The van der Waals surface area contributed by atoms with Crippen molar-refractivity contribution in [3.8, 4) is 22.3 Å². The lowest BCUT2D eigenvalue weighted by atomic mass is 10.0. The Morgan fingerprint density at radius 3 is 2.00 bits per heavy atom. The number of pyridine rings is 1. The smallest absolute Gasteiger partial charge is 0.218 e. The summed E-state index contributed by atoms with van der Waals surface area (Å²) in [5, 5.41) is 4.15. The van der Waals surface area contributed by atoms with Crippen LogP contribution in [-0.4, -0.2) is 14.6 Å². The molecule has 0 amide bonds. The summed E-state index contributed by atoms with van der Waals surface area (Å²) in [6, 6.07) is 8.59. The van der Waals surface area contributed by atoms with E-state index in [0.717, 1.165) is 24.3 Å². The van der Waals surface area contributed by atoms with Crippen molar-refractivity contribution >= 4 is 21.6 Å². The van der Waals surface area contributed by atoms with E-state index in [1.165, 1.54) is 16.6 Å². The van der Waals surface area contributed by atoms with Crippen molar-refractivity contribution < 1.29 is 17.6 Å². The Morgan fingerprint density at radius 1 is 0.731 bits per heavy atom. The molecule has 0 unspecified atom stereocenters. The van der Waals surface area contributed by atoms with Crippen LogP contribution in [-0.2, 0) is 0 Å². The number of aromatic nitrogens is 3. The first-order chi connectivity index (χ1) is 12.4. The zero-order valence-electron chi connectivity index (χ0n) is 12.9. The molecule has 2 heterocycles. The molecule has 4 aromatic rings. The van der Waals surface area contributed by atoms with Crippen LogP contribution in [0.2, 0.25) is 0 Å². The minimum Gasteiger partial charge on any atom is -0.219 e. The van der Waals surface area contributed by atoms with Crippen LogP contribution in [0, 0.1) is 23.3 Å². The lowest BCUT2D eigenvalue weighted by molar-refractivity contribution is 0.509. The van der Waals surface area contributed by atoms with E-state index in [1.54, 1.807) is 12.3 Å². The molecule has 0 aliphatic heterocycles. The summed E-state index contributed by atoms with van der Waals surface area (Å²) in [6.45, 7) is 0. The van der Waals surface area contributed by atoms with Gasteiger partial charge in [0.2, 0.25) is 4.73 Å². The van der Waals surface area contributed by atoms with Gasteiger partial charge in [-0.25, -0.2) is 27.1 Å². The molecule has 0 spiro atoms. The van der Waals surface area contributed by atoms with Crippen molar-refractivity contribution in [2.24, 2.45) is 0 Å². The molecule has 0 saturated heterocycles. The highest BCUT2D eigenvalue weighted by Crippen LogP contribution is 2.31. The SMILES string of the molecule is Fc1ccc(-c2cc(-c3ccc(F)c(F)c3)c3nc(Br)nn3c2)cc1F. The summed E-state index contributed by atoms with van der Waals surface area (Å²) in [7, 11) is 0. The van der Waals surface area contributed by atoms with Gasteiger partial charge in [-0.2, -0.15) is 0 Å². The van der Waals surface area contributed by atoms with Crippen LogP contribution >= 0.6 is 15.9 Å². The molecule has 8 heteroatoms. The lowest BCUT2D eigenvalue weighted by Gasteiger charge is -2.09. The molecule has 2 aromatic heterocycles. The highest BCUT2D eigenvalue weighted by Gasteiger charge is 2.15. The van der Waals surface area contributed by atoms with Crippen molar-refractivity contribution in [3.05, 3.63) is 76.7 Å². The summed E-state index contributed by atoms with van der Waals surface area (Å²) in [5.41, 5.74) is 2.14. The molecule has 3 nitrogen and oxygen atoms in total. The number of fused-ring (bicyclic) bond motifs is 1. The van der Waals surface area contributed by atoms with Crippen LogP contribution in [0.15, 0.2) is 53.4 Å². The monoisotopic (exact) mass is 421 g/mol. The van der Waals surface area contributed by atoms with Crippen LogP contribution < -0.4 is 0 Å².